The maximum Gasteiger partial charge on any atom is 0.274 e. The molecule has 1 heterocycles. The van der Waals surface area contributed by atoms with E-state index in [4.69, 9.17) is 5.10 Å². The zero-order valence-electron chi connectivity index (χ0n) is 18.0. The second-order valence-corrected chi connectivity index (χ2v) is 7.17. The Morgan fingerprint density at radius 1 is 1.11 bits per heavy atom. The Morgan fingerprint density at radius 2 is 1.79 bits per heavy atom. The van der Waals surface area contributed by atoms with Gasteiger partial charge in [-0.2, -0.15) is 5.10 Å². The fourth-order valence-electron chi connectivity index (χ4n) is 3.30. The predicted octanol–water partition coefficient (Wildman–Crippen LogP) is 5.40. The van der Waals surface area contributed by atoms with Crippen molar-refractivity contribution in [1.29, 1.82) is 0 Å². The van der Waals surface area contributed by atoms with Crippen LogP contribution in [0.2, 0.25) is 0 Å². The van der Waals surface area contributed by atoms with Gasteiger partial charge < -0.3 is 4.90 Å². The molecule has 0 radical (unpaired) electrons. The van der Waals surface area contributed by atoms with E-state index in [1.807, 2.05) is 21.7 Å². The van der Waals surface area contributed by atoms with E-state index in [1.54, 1.807) is 6.08 Å². The van der Waals surface area contributed by atoms with Crippen LogP contribution in [0.4, 0.5) is 0 Å². The molecule has 1 aromatic carbocycles. The average molecular weight is 380 g/mol. The lowest BCUT2D eigenvalue weighted by Gasteiger charge is -2.20. The van der Waals surface area contributed by atoms with Crippen molar-refractivity contribution >= 4 is 11.6 Å². The highest BCUT2D eigenvalue weighted by molar-refractivity contribution is 5.92. The van der Waals surface area contributed by atoms with Gasteiger partial charge in [0.25, 0.3) is 5.91 Å². The molecule has 1 amide bonds. The molecule has 2 aromatic rings. The van der Waals surface area contributed by atoms with Gasteiger partial charge in [0.15, 0.2) is 5.69 Å². The van der Waals surface area contributed by atoms with E-state index in [0.717, 1.165) is 49.3 Å². The molecule has 4 heteroatoms. The zero-order chi connectivity index (χ0) is 20.7. The van der Waals surface area contributed by atoms with E-state index in [2.05, 4.69) is 59.4 Å². The Bertz CT molecular complexity index is 855. The summed E-state index contributed by atoms with van der Waals surface area (Å²) in [5.74, 6) is 0.00943. The van der Waals surface area contributed by atoms with Gasteiger partial charge in [0.1, 0.15) is 0 Å². The number of allylic oxidation sites excluding steroid dienone is 2. The summed E-state index contributed by atoms with van der Waals surface area (Å²) in [5, 5.41) is 4.72. The smallest absolute Gasteiger partial charge is 0.274 e. The summed E-state index contributed by atoms with van der Waals surface area (Å²) < 4.78 is 1.90. The van der Waals surface area contributed by atoms with Crippen molar-refractivity contribution in [3.05, 3.63) is 71.1 Å². The molecule has 0 aliphatic carbocycles. The number of carbonyl (C=O) groups excluding carboxylic acids is 1. The highest BCUT2D eigenvalue weighted by Crippen LogP contribution is 2.23. The number of aromatic nitrogens is 2. The summed E-state index contributed by atoms with van der Waals surface area (Å²) in [7, 11) is 0. The Labute approximate surface area is 169 Å². The minimum atomic E-state index is 0.00943. The fraction of sp³-hybridized carbons (Fsp3) is 0.417. The van der Waals surface area contributed by atoms with E-state index < -0.39 is 0 Å². The second kappa shape index (κ2) is 10.1. The number of hydrogen-bond donors (Lipinski definition) is 0. The number of nitrogens with zero attached hydrogens (tertiary/aromatic N) is 3. The largest absolute Gasteiger partial charge is 0.337 e. The molecule has 0 aliphatic heterocycles. The molecule has 0 saturated heterocycles. The summed E-state index contributed by atoms with van der Waals surface area (Å²) >= 11 is 0. The Kier molecular flexibility index (Phi) is 7.80. The lowest BCUT2D eigenvalue weighted by Crippen LogP contribution is -2.32. The molecule has 0 bridgehead atoms. The van der Waals surface area contributed by atoms with E-state index in [-0.39, 0.29) is 5.91 Å². The third-order valence-electron chi connectivity index (χ3n) is 4.95. The van der Waals surface area contributed by atoms with Crippen LogP contribution in [-0.4, -0.2) is 33.7 Å². The summed E-state index contributed by atoms with van der Waals surface area (Å²) in [5.41, 5.74) is 6.01. The van der Waals surface area contributed by atoms with Crippen molar-refractivity contribution < 1.29 is 4.79 Å². The Hall–Kier alpha value is -2.62. The van der Waals surface area contributed by atoms with Crippen molar-refractivity contribution in [3.63, 3.8) is 0 Å². The molecule has 4 nitrogen and oxygen atoms in total. The molecule has 150 valence electrons. The SMILES string of the molecule is C=C/C=C(/c1ccc(C)c(C)c1)n1nc(C(=O)N(CCC)CCC)cc1CC. The van der Waals surface area contributed by atoms with Gasteiger partial charge in [-0.1, -0.05) is 45.6 Å². The third-order valence-corrected chi connectivity index (χ3v) is 4.95. The molecule has 0 unspecified atom stereocenters. The molecule has 2 rings (SSSR count). The molecule has 0 saturated carbocycles. The van der Waals surface area contributed by atoms with Crippen LogP contribution in [0.25, 0.3) is 5.70 Å². The number of hydrogen-bond acceptors (Lipinski definition) is 2. The standard InChI is InChI=1S/C24H33N3O/c1-7-11-23(20-13-12-18(5)19(6)16-20)27-21(10-4)17-22(25-27)24(28)26(14-8-2)15-9-3/h7,11-13,16-17H,1,8-10,14-15H2,2-6H3/b23-11-. The maximum atomic E-state index is 13.0. The Morgan fingerprint density at radius 3 is 2.32 bits per heavy atom. The quantitative estimate of drug-likeness (QED) is 0.547. The van der Waals surface area contributed by atoms with E-state index >= 15 is 0 Å². The van der Waals surface area contributed by atoms with Crippen LogP contribution in [0.5, 0.6) is 0 Å². The number of rotatable bonds is 9. The van der Waals surface area contributed by atoms with Gasteiger partial charge in [0.05, 0.1) is 5.70 Å². The molecular weight excluding hydrogens is 346 g/mol. The van der Waals surface area contributed by atoms with Crippen LogP contribution in [0.3, 0.4) is 0 Å². The van der Waals surface area contributed by atoms with Gasteiger partial charge >= 0.3 is 0 Å². The van der Waals surface area contributed by atoms with Crippen LogP contribution in [-0.2, 0) is 6.42 Å². The van der Waals surface area contributed by atoms with Crippen LogP contribution in [0.1, 0.15) is 66.5 Å². The van der Waals surface area contributed by atoms with E-state index in [0.29, 0.717) is 5.69 Å². The van der Waals surface area contributed by atoms with Crippen molar-refractivity contribution in [3.8, 4) is 0 Å². The second-order valence-electron chi connectivity index (χ2n) is 7.17. The van der Waals surface area contributed by atoms with Gasteiger partial charge in [0, 0.05) is 24.3 Å². The van der Waals surface area contributed by atoms with E-state index in [9.17, 15) is 4.79 Å². The van der Waals surface area contributed by atoms with Crippen molar-refractivity contribution in [1.82, 2.24) is 14.7 Å². The van der Waals surface area contributed by atoms with Gasteiger partial charge in [-0.3, -0.25) is 4.79 Å². The van der Waals surface area contributed by atoms with Gasteiger partial charge in [-0.25, -0.2) is 4.68 Å². The molecule has 0 fully saturated rings. The summed E-state index contributed by atoms with van der Waals surface area (Å²) in [6.07, 6.45) is 6.41. The lowest BCUT2D eigenvalue weighted by atomic mass is 10.0. The number of aryl methyl sites for hydroxylation is 3. The number of amides is 1. The van der Waals surface area contributed by atoms with Crippen LogP contribution >= 0.6 is 0 Å². The first-order valence-electron chi connectivity index (χ1n) is 10.3. The highest BCUT2D eigenvalue weighted by atomic mass is 16.2. The summed E-state index contributed by atoms with van der Waals surface area (Å²) in [4.78, 5) is 14.9. The molecule has 0 spiro atoms. The van der Waals surface area contributed by atoms with Crippen LogP contribution < -0.4 is 0 Å². The first-order valence-corrected chi connectivity index (χ1v) is 10.3. The van der Waals surface area contributed by atoms with Crippen LogP contribution in [0, 0.1) is 13.8 Å². The molecule has 0 aliphatic rings. The van der Waals surface area contributed by atoms with Gasteiger partial charge in [-0.05, 0) is 62.4 Å². The van der Waals surface area contributed by atoms with Crippen molar-refractivity contribution in [2.24, 2.45) is 0 Å². The third kappa shape index (κ3) is 4.80. The number of benzene rings is 1. The van der Waals surface area contributed by atoms with E-state index in [1.165, 1.54) is 11.1 Å². The minimum absolute atomic E-state index is 0.00943. The average Bonchev–Trinajstić information content (AvgIpc) is 3.11. The van der Waals surface area contributed by atoms with Crippen molar-refractivity contribution in [2.75, 3.05) is 13.1 Å². The predicted molar refractivity (Wildman–Crippen MR) is 118 cm³/mol. The first kappa shape index (κ1) is 21.7. The van der Waals surface area contributed by atoms with Crippen molar-refractivity contribution in [2.45, 2.75) is 53.9 Å². The molecule has 28 heavy (non-hydrogen) atoms. The highest BCUT2D eigenvalue weighted by Gasteiger charge is 2.21. The van der Waals surface area contributed by atoms with Gasteiger partial charge in [0.2, 0.25) is 0 Å². The normalized spacial score (nSPS) is 11.5. The summed E-state index contributed by atoms with van der Waals surface area (Å²) in [6, 6.07) is 8.31. The lowest BCUT2D eigenvalue weighted by molar-refractivity contribution is 0.0749. The molecule has 0 N–H and O–H groups in total. The molecule has 0 atom stereocenters. The summed E-state index contributed by atoms with van der Waals surface area (Å²) in [6.45, 7) is 15.9. The Balaban J connectivity index is 2.51. The first-order chi connectivity index (χ1) is 13.5. The molecular formula is C24H33N3O. The zero-order valence-corrected chi connectivity index (χ0v) is 18.0. The van der Waals surface area contributed by atoms with Gasteiger partial charge in [-0.15, -0.1) is 0 Å². The topological polar surface area (TPSA) is 38.1 Å². The maximum absolute atomic E-state index is 13.0. The number of carbonyl (C=O) groups is 1. The van der Waals surface area contributed by atoms with Crippen LogP contribution in [0.15, 0.2) is 43.0 Å². The minimum Gasteiger partial charge on any atom is -0.337 e. The monoisotopic (exact) mass is 379 g/mol. The fourth-order valence-corrected chi connectivity index (χ4v) is 3.30. The molecule has 1 aromatic heterocycles.